The van der Waals surface area contributed by atoms with Crippen molar-refractivity contribution < 1.29 is 5.11 Å². The Hall–Kier alpha value is -1.66. The Balaban J connectivity index is 1.61. The van der Waals surface area contributed by atoms with Gasteiger partial charge in [0.25, 0.3) is 0 Å². The number of aromatic amines is 2. The standard InChI is InChI=1S/C12H17N5O/c18-12(11-1-4-13-16-11)2-5-17(6-3-12)9-10-7-14-15-8-10/h1,4,7-8,18H,2-3,5-6,9H2,(H,13,16)(H,14,15). The van der Waals surface area contributed by atoms with E-state index < -0.39 is 5.60 Å². The minimum Gasteiger partial charge on any atom is -0.383 e. The van der Waals surface area contributed by atoms with E-state index in [1.54, 1.807) is 6.20 Å². The SMILES string of the molecule is OC1(c2ccn[nH]2)CCN(Cc2cn[nH]c2)CC1. The highest BCUT2D eigenvalue weighted by atomic mass is 16.3. The quantitative estimate of drug-likeness (QED) is 0.742. The molecule has 18 heavy (non-hydrogen) atoms. The lowest BCUT2D eigenvalue weighted by Gasteiger charge is -2.37. The lowest BCUT2D eigenvalue weighted by Crippen LogP contribution is -2.42. The highest BCUT2D eigenvalue weighted by Crippen LogP contribution is 2.31. The summed E-state index contributed by atoms with van der Waals surface area (Å²) in [5.41, 5.74) is 1.26. The van der Waals surface area contributed by atoms with Crippen LogP contribution in [0.4, 0.5) is 0 Å². The Bertz CT molecular complexity index is 471. The van der Waals surface area contributed by atoms with Gasteiger partial charge in [-0.1, -0.05) is 0 Å². The predicted octanol–water partition coefficient (Wildman–Crippen LogP) is 0.616. The lowest BCUT2D eigenvalue weighted by molar-refractivity contribution is -0.0311. The van der Waals surface area contributed by atoms with Crippen LogP contribution in [-0.4, -0.2) is 43.5 Å². The lowest BCUT2D eigenvalue weighted by atomic mass is 9.88. The minimum atomic E-state index is -0.747. The fraction of sp³-hybridized carbons (Fsp3) is 0.500. The summed E-state index contributed by atoms with van der Waals surface area (Å²) in [5.74, 6) is 0. The fourth-order valence-electron chi connectivity index (χ4n) is 2.49. The Kier molecular flexibility index (Phi) is 2.89. The molecular formula is C12H17N5O. The van der Waals surface area contributed by atoms with E-state index in [0.717, 1.165) is 38.2 Å². The maximum Gasteiger partial charge on any atom is 0.108 e. The second-order valence-electron chi connectivity index (χ2n) is 4.88. The maximum absolute atomic E-state index is 10.6. The van der Waals surface area contributed by atoms with Crippen LogP contribution < -0.4 is 0 Å². The van der Waals surface area contributed by atoms with Crippen LogP contribution in [0.1, 0.15) is 24.1 Å². The molecule has 1 saturated heterocycles. The molecule has 1 aliphatic rings. The van der Waals surface area contributed by atoms with Crippen molar-refractivity contribution in [1.29, 1.82) is 0 Å². The van der Waals surface area contributed by atoms with Crippen LogP contribution in [0.5, 0.6) is 0 Å². The number of nitrogens with zero attached hydrogens (tertiary/aromatic N) is 3. The van der Waals surface area contributed by atoms with Crippen LogP contribution in [0.25, 0.3) is 0 Å². The van der Waals surface area contributed by atoms with Crippen molar-refractivity contribution in [3.05, 3.63) is 35.9 Å². The second-order valence-corrected chi connectivity index (χ2v) is 4.88. The molecule has 3 heterocycles. The number of aliphatic hydroxyl groups is 1. The highest BCUT2D eigenvalue weighted by Gasteiger charge is 2.35. The zero-order valence-corrected chi connectivity index (χ0v) is 10.1. The molecule has 2 aromatic rings. The van der Waals surface area contributed by atoms with Gasteiger partial charge in [0.15, 0.2) is 0 Å². The topological polar surface area (TPSA) is 80.8 Å². The summed E-state index contributed by atoms with van der Waals surface area (Å²) in [6.07, 6.45) is 6.90. The normalized spacial score (nSPS) is 20.1. The Morgan fingerprint density at radius 2 is 2.17 bits per heavy atom. The first-order valence-electron chi connectivity index (χ1n) is 6.18. The molecular weight excluding hydrogens is 230 g/mol. The van der Waals surface area contributed by atoms with Gasteiger partial charge in [-0.3, -0.25) is 15.1 Å². The first-order chi connectivity index (χ1) is 8.76. The molecule has 0 spiro atoms. The largest absolute Gasteiger partial charge is 0.383 e. The van der Waals surface area contributed by atoms with E-state index in [1.807, 2.05) is 18.5 Å². The molecule has 0 bridgehead atoms. The molecule has 3 rings (SSSR count). The summed E-state index contributed by atoms with van der Waals surface area (Å²) >= 11 is 0. The van der Waals surface area contributed by atoms with Crippen molar-refractivity contribution in [1.82, 2.24) is 25.3 Å². The van der Waals surface area contributed by atoms with E-state index in [1.165, 1.54) is 5.56 Å². The van der Waals surface area contributed by atoms with Crippen molar-refractivity contribution in [3.63, 3.8) is 0 Å². The number of hydrogen-bond acceptors (Lipinski definition) is 4. The van der Waals surface area contributed by atoms with Crippen molar-refractivity contribution in [2.45, 2.75) is 25.0 Å². The molecule has 6 nitrogen and oxygen atoms in total. The van der Waals surface area contributed by atoms with E-state index in [0.29, 0.717) is 0 Å². The number of rotatable bonds is 3. The third-order valence-electron chi connectivity index (χ3n) is 3.65. The molecule has 96 valence electrons. The monoisotopic (exact) mass is 247 g/mol. The van der Waals surface area contributed by atoms with Crippen LogP contribution in [0.15, 0.2) is 24.7 Å². The van der Waals surface area contributed by atoms with Gasteiger partial charge >= 0.3 is 0 Å². The number of nitrogens with one attached hydrogen (secondary N) is 2. The van der Waals surface area contributed by atoms with Gasteiger partial charge in [-0.25, -0.2) is 0 Å². The first kappa shape index (κ1) is 11.4. The van der Waals surface area contributed by atoms with E-state index >= 15 is 0 Å². The number of H-pyrrole nitrogens is 2. The Labute approximate surface area is 105 Å². The van der Waals surface area contributed by atoms with Gasteiger partial charge < -0.3 is 5.11 Å². The number of hydrogen-bond donors (Lipinski definition) is 3. The summed E-state index contributed by atoms with van der Waals surface area (Å²) in [6.45, 7) is 2.64. The average Bonchev–Trinajstić information content (AvgIpc) is 3.04. The zero-order valence-electron chi connectivity index (χ0n) is 10.1. The average molecular weight is 247 g/mol. The first-order valence-corrected chi connectivity index (χ1v) is 6.18. The fourth-order valence-corrected chi connectivity index (χ4v) is 2.49. The molecule has 0 unspecified atom stereocenters. The van der Waals surface area contributed by atoms with Crippen LogP contribution in [-0.2, 0) is 12.1 Å². The van der Waals surface area contributed by atoms with Crippen LogP contribution >= 0.6 is 0 Å². The summed E-state index contributed by atoms with van der Waals surface area (Å²) in [5, 5.41) is 24.1. The predicted molar refractivity (Wildman–Crippen MR) is 65.6 cm³/mol. The molecule has 0 aliphatic carbocycles. The number of aromatic nitrogens is 4. The molecule has 0 saturated carbocycles. The summed E-state index contributed by atoms with van der Waals surface area (Å²) in [6, 6.07) is 1.85. The van der Waals surface area contributed by atoms with E-state index in [-0.39, 0.29) is 0 Å². The summed E-state index contributed by atoms with van der Waals surface area (Å²) in [7, 11) is 0. The highest BCUT2D eigenvalue weighted by molar-refractivity contribution is 5.12. The van der Waals surface area contributed by atoms with Crippen molar-refractivity contribution in [3.8, 4) is 0 Å². The summed E-state index contributed by atoms with van der Waals surface area (Å²) < 4.78 is 0. The molecule has 2 aromatic heterocycles. The van der Waals surface area contributed by atoms with Crippen LogP contribution in [0, 0.1) is 0 Å². The minimum absolute atomic E-state index is 0.729. The summed E-state index contributed by atoms with van der Waals surface area (Å²) in [4.78, 5) is 2.33. The molecule has 0 atom stereocenters. The number of piperidine rings is 1. The van der Waals surface area contributed by atoms with Gasteiger partial charge in [0, 0.05) is 37.6 Å². The molecule has 6 heteroatoms. The van der Waals surface area contributed by atoms with Gasteiger partial charge in [-0.2, -0.15) is 10.2 Å². The molecule has 1 fully saturated rings. The smallest absolute Gasteiger partial charge is 0.108 e. The molecule has 0 radical (unpaired) electrons. The Morgan fingerprint density at radius 1 is 1.33 bits per heavy atom. The van der Waals surface area contributed by atoms with E-state index in [2.05, 4.69) is 25.3 Å². The second kappa shape index (κ2) is 4.55. The van der Waals surface area contributed by atoms with Crippen molar-refractivity contribution >= 4 is 0 Å². The van der Waals surface area contributed by atoms with E-state index in [4.69, 9.17) is 0 Å². The molecule has 0 aromatic carbocycles. The van der Waals surface area contributed by atoms with Crippen LogP contribution in [0.2, 0.25) is 0 Å². The maximum atomic E-state index is 10.6. The van der Waals surface area contributed by atoms with Gasteiger partial charge in [0.1, 0.15) is 5.60 Å². The molecule has 3 N–H and O–H groups in total. The van der Waals surface area contributed by atoms with Gasteiger partial charge in [0.05, 0.1) is 11.9 Å². The van der Waals surface area contributed by atoms with Crippen molar-refractivity contribution in [2.24, 2.45) is 0 Å². The zero-order chi connectivity index (χ0) is 12.4. The molecule has 1 aliphatic heterocycles. The molecule has 0 amide bonds. The van der Waals surface area contributed by atoms with Gasteiger partial charge in [-0.15, -0.1) is 0 Å². The van der Waals surface area contributed by atoms with Crippen molar-refractivity contribution in [2.75, 3.05) is 13.1 Å². The number of likely N-dealkylation sites (tertiary alicyclic amines) is 1. The third kappa shape index (κ3) is 2.16. The van der Waals surface area contributed by atoms with E-state index in [9.17, 15) is 5.11 Å². The van der Waals surface area contributed by atoms with Gasteiger partial charge in [-0.05, 0) is 18.9 Å². The third-order valence-corrected chi connectivity index (χ3v) is 3.65. The Morgan fingerprint density at radius 3 is 2.78 bits per heavy atom. The van der Waals surface area contributed by atoms with Crippen LogP contribution in [0.3, 0.4) is 0 Å². The van der Waals surface area contributed by atoms with Gasteiger partial charge in [0.2, 0.25) is 0 Å².